The average molecular weight is 335 g/mol. The Balaban J connectivity index is 1.98. The van der Waals surface area contributed by atoms with E-state index in [2.05, 4.69) is 10.6 Å². The van der Waals surface area contributed by atoms with Crippen LogP contribution in [0.5, 0.6) is 0 Å². The number of hydrogen-bond donors (Lipinski definition) is 2. The molecule has 0 aliphatic heterocycles. The summed E-state index contributed by atoms with van der Waals surface area (Å²) in [6.45, 7) is 3.82. The maximum Gasteiger partial charge on any atom is 0.313 e. The quantitative estimate of drug-likeness (QED) is 0.846. The van der Waals surface area contributed by atoms with Gasteiger partial charge in [0, 0.05) is 6.54 Å². The van der Waals surface area contributed by atoms with Crippen molar-refractivity contribution in [2.45, 2.75) is 20.4 Å². The number of aryl methyl sites for hydroxylation is 2. The summed E-state index contributed by atoms with van der Waals surface area (Å²) in [6.07, 6.45) is 0. The van der Waals surface area contributed by atoms with Crippen molar-refractivity contribution in [2.24, 2.45) is 0 Å². The van der Waals surface area contributed by atoms with E-state index in [1.54, 1.807) is 13.0 Å². The summed E-state index contributed by atoms with van der Waals surface area (Å²) in [7, 11) is 0. The fourth-order valence-corrected chi connectivity index (χ4v) is 2.48. The average Bonchev–Trinajstić information content (AvgIpc) is 2.49. The zero-order chi connectivity index (χ0) is 17.0. The molecule has 0 radical (unpaired) electrons. The number of carbonyl (C=O) groups is 2. The molecule has 0 bridgehead atoms. The molecule has 2 rings (SSSR count). The molecule has 0 atom stereocenters. The molecule has 2 N–H and O–H groups in total. The maximum atomic E-state index is 12.8. The van der Waals surface area contributed by atoms with Crippen LogP contribution >= 0.6 is 11.6 Å². The zero-order valence-electron chi connectivity index (χ0n) is 12.7. The lowest BCUT2D eigenvalue weighted by Gasteiger charge is -2.11. The number of rotatable bonds is 3. The van der Waals surface area contributed by atoms with Crippen LogP contribution in [0, 0.1) is 19.7 Å². The van der Waals surface area contributed by atoms with E-state index in [1.807, 2.05) is 13.0 Å². The highest BCUT2D eigenvalue weighted by molar-refractivity contribution is 6.41. The standard InChI is InChI=1S/C17H16ClFN2O2/c1-10-7-11(2)15(14(18)8-10)21-17(23)16(22)20-9-12-3-5-13(19)6-4-12/h3-8H,9H2,1-2H3,(H,20,22)(H,21,23). The molecule has 0 unspecified atom stereocenters. The molecule has 6 heteroatoms. The molecule has 0 aromatic heterocycles. The second kappa shape index (κ2) is 7.24. The third-order valence-corrected chi connectivity index (χ3v) is 3.54. The summed E-state index contributed by atoms with van der Waals surface area (Å²) in [4.78, 5) is 23.8. The second-order valence-electron chi connectivity index (χ2n) is 5.20. The van der Waals surface area contributed by atoms with Gasteiger partial charge in [-0.05, 0) is 48.7 Å². The highest BCUT2D eigenvalue weighted by Gasteiger charge is 2.16. The van der Waals surface area contributed by atoms with Gasteiger partial charge in [0.15, 0.2) is 0 Å². The lowest BCUT2D eigenvalue weighted by Crippen LogP contribution is -2.35. The minimum absolute atomic E-state index is 0.132. The second-order valence-corrected chi connectivity index (χ2v) is 5.61. The Bertz CT molecular complexity index is 722. The molecule has 0 aliphatic rings. The number of nitrogens with one attached hydrogen (secondary N) is 2. The highest BCUT2D eigenvalue weighted by atomic mass is 35.5. The van der Waals surface area contributed by atoms with Crippen molar-refractivity contribution in [1.82, 2.24) is 5.32 Å². The van der Waals surface area contributed by atoms with Crippen molar-refractivity contribution in [1.29, 1.82) is 0 Å². The topological polar surface area (TPSA) is 58.2 Å². The van der Waals surface area contributed by atoms with Gasteiger partial charge in [-0.15, -0.1) is 0 Å². The highest BCUT2D eigenvalue weighted by Crippen LogP contribution is 2.27. The first-order chi connectivity index (χ1) is 10.9. The molecule has 4 nitrogen and oxygen atoms in total. The molecule has 23 heavy (non-hydrogen) atoms. The molecule has 2 aromatic rings. The van der Waals surface area contributed by atoms with E-state index < -0.39 is 11.8 Å². The van der Waals surface area contributed by atoms with Gasteiger partial charge < -0.3 is 10.6 Å². The minimum atomic E-state index is -0.805. The first kappa shape index (κ1) is 17.0. The van der Waals surface area contributed by atoms with Gasteiger partial charge in [-0.2, -0.15) is 0 Å². The number of benzene rings is 2. The molecule has 0 heterocycles. The van der Waals surface area contributed by atoms with Crippen molar-refractivity contribution in [2.75, 3.05) is 5.32 Å². The number of halogens is 2. The van der Waals surface area contributed by atoms with Crippen LogP contribution in [0.3, 0.4) is 0 Å². The van der Waals surface area contributed by atoms with Crippen molar-refractivity contribution in [3.63, 3.8) is 0 Å². The predicted molar refractivity (Wildman–Crippen MR) is 87.8 cm³/mol. The number of amides is 2. The Kier molecular flexibility index (Phi) is 5.34. The van der Waals surface area contributed by atoms with Crippen LogP contribution in [0.2, 0.25) is 5.02 Å². The van der Waals surface area contributed by atoms with Crippen molar-refractivity contribution >= 4 is 29.1 Å². The molecule has 0 saturated carbocycles. The Labute approximate surface area is 138 Å². The summed E-state index contributed by atoms with van der Waals surface area (Å²) >= 11 is 6.09. The van der Waals surface area contributed by atoms with Gasteiger partial charge in [0.25, 0.3) is 0 Å². The third kappa shape index (κ3) is 4.53. The SMILES string of the molecule is Cc1cc(C)c(NC(=O)C(=O)NCc2ccc(F)cc2)c(Cl)c1. The van der Waals surface area contributed by atoms with Gasteiger partial charge in [0.1, 0.15) is 5.82 Å². The minimum Gasteiger partial charge on any atom is -0.344 e. The van der Waals surface area contributed by atoms with Crippen LogP contribution in [0.4, 0.5) is 10.1 Å². The van der Waals surface area contributed by atoms with E-state index in [0.717, 1.165) is 11.1 Å². The van der Waals surface area contributed by atoms with Gasteiger partial charge in [0.05, 0.1) is 10.7 Å². The van der Waals surface area contributed by atoms with E-state index in [9.17, 15) is 14.0 Å². The fourth-order valence-electron chi connectivity index (χ4n) is 2.11. The van der Waals surface area contributed by atoms with Gasteiger partial charge in [-0.25, -0.2) is 4.39 Å². The molecular formula is C17H16ClFN2O2. The van der Waals surface area contributed by atoms with E-state index in [-0.39, 0.29) is 12.4 Å². The summed E-state index contributed by atoms with van der Waals surface area (Å²) < 4.78 is 12.8. The smallest absolute Gasteiger partial charge is 0.313 e. The normalized spacial score (nSPS) is 10.3. The van der Waals surface area contributed by atoms with Gasteiger partial charge >= 0.3 is 11.8 Å². The molecule has 0 aliphatic carbocycles. The van der Waals surface area contributed by atoms with E-state index in [4.69, 9.17) is 11.6 Å². The monoisotopic (exact) mass is 334 g/mol. The summed E-state index contributed by atoms with van der Waals surface area (Å²) in [5.41, 5.74) is 2.84. The van der Waals surface area contributed by atoms with Crippen molar-refractivity contribution < 1.29 is 14.0 Å². The first-order valence-electron chi connectivity index (χ1n) is 6.97. The zero-order valence-corrected chi connectivity index (χ0v) is 13.5. The number of anilines is 1. The number of carbonyl (C=O) groups excluding carboxylic acids is 2. The molecular weight excluding hydrogens is 319 g/mol. The Morgan fingerprint density at radius 2 is 1.74 bits per heavy atom. The summed E-state index contributed by atoms with van der Waals surface area (Å²) in [6, 6.07) is 9.22. The predicted octanol–water partition coefficient (Wildman–Crippen LogP) is 3.35. The fraction of sp³-hybridized carbons (Fsp3) is 0.176. The molecule has 0 fully saturated rings. The third-order valence-electron chi connectivity index (χ3n) is 3.24. The largest absolute Gasteiger partial charge is 0.344 e. The Morgan fingerprint density at radius 1 is 1.09 bits per heavy atom. The molecule has 2 aromatic carbocycles. The van der Waals surface area contributed by atoms with E-state index >= 15 is 0 Å². The molecule has 2 amide bonds. The first-order valence-corrected chi connectivity index (χ1v) is 7.35. The molecule has 0 saturated heterocycles. The van der Waals surface area contributed by atoms with Crippen LogP contribution in [0.15, 0.2) is 36.4 Å². The van der Waals surface area contributed by atoms with Crippen LogP contribution in [0.25, 0.3) is 0 Å². The van der Waals surface area contributed by atoms with Crippen LogP contribution in [0.1, 0.15) is 16.7 Å². The van der Waals surface area contributed by atoms with Crippen LogP contribution in [-0.2, 0) is 16.1 Å². The van der Waals surface area contributed by atoms with Crippen LogP contribution < -0.4 is 10.6 Å². The van der Waals surface area contributed by atoms with Crippen molar-refractivity contribution in [3.8, 4) is 0 Å². The van der Waals surface area contributed by atoms with E-state index in [0.29, 0.717) is 16.3 Å². The molecule has 0 spiro atoms. The van der Waals surface area contributed by atoms with Gasteiger partial charge in [-0.3, -0.25) is 9.59 Å². The van der Waals surface area contributed by atoms with Crippen LogP contribution in [-0.4, -0.2) is 11.8 Å². The molecule has 120 valence electrons. The lowest BCUT2D eigenvalue weighted by atomic mass is 10.1. The summed E-state index contributed by atoms with van der Waals surface area (Å²) in [5, 5.41) is 5.36. The Hall–Kier alpha value is -2.40. The van der Waals surface area contributed by atoms with E-state index in [1.165, 1.54) is 24.3 Å². The van der Waals surface area contributed by atoms with Gasteiger partial charge in [0.2, 0.25) is 0 Å². The Morgan fingerprint density at radius 3 is 2.35 bits per heavy atom. The maximum absolute atomic E-state index is 12.8. The number of hydrogen-bond acceptors (Lipinski definition) is 2. The van der Waals surface area contributed by atoms with Crippen molar-refractivity contribution in [3.05, 3.63) is 63.9 Å². The van der Waals surface area contributed by atoms with Gasteiger partial charge in [-0.1, -0.05) is 29.8 Å². The lowest BCUT2D eigenvalue weighted by molar-refractivity contribution is -0.136. The summed E-state index contributed by atoms with van der Waals surface area (Å²) in [5.74, 6) is -1.95.